The van der Waals surface area contributed by atoms with Gasteiger partial charge in [-0.15, -0.1) is 10.2 Å². The quantitative estimate of drug-likeness (QED) is 0.619. The van der Waals surface area contributed by atoms with Gasteiger partial charge in [0.15, 0.2) is 11.5 Å². The van der Waals surface area contributed by atoms with E-state index in [-0.39, 0.29) is 5.91 Å². The summed E-state index contributed by atoms with van der Waals surface area (Å²) < 4.78 is 1.74. The van der Waals surface area contributed by atoms with Crippen LogP contribution in [0.4, 0.5) is 0 Å². The molecule has 6 heteroatoms. The van der Waals surface area contributed by atoms with Crippen LogP contribution in [-0.2, 0) is 11.2 Å². The fourth-order valence-corrected chi connectivity index (χ4v) is 2.96. The molecule has 1 aromatic carbocycles. The van der Waals surface area contributed by atoms with Gasteiger partial charge in [0.2, 0.25) is 5.91 Å². The van der Waals surface area contributed by atoms with E-state index in [1.807, 2.05) is 12.1 Å². The number of amides is 1. The Morgan fingerprint density at radius 3 is 2.70 bits per heavy atom. The molecule has 1 amide bonds. The van der Waals surface area contributed by atoms with E-state index in [0.29, 0.717) is 24.3 Å². The number of unbranched alkanes of at least 4 members (excludes halogenated alkanes) is 2. The third-order valence-electron chi connectivity index (χ3n) is 4.81. The van der Waals surface area contributed by atoms with Crippen molar-refractivity contribution in [1.29, 1.82) is 0 Å². The van der Waals surface area contributed by atoms with Crippen molar-refractivity contribution < 1.29 is 4.79 Å². The first-order chi connectivity index (χ1) is 13.1. The lowest BCUT2D eigenvalue weighted by Crippen LogP contribution is -2.24. The predicted molar refractivity (Wildman–Crippen MR) is 107 cm³/mol. The molecule has 0 unspecified atom stereocenters. The lowest BCUT2D eigenvalue weighted by molar-refractivity contribution is -0.121. The number of fused-ring (bicyclic) bond motifs is 1. The second kappa shape index (κ2) is 8.75. The van der Waals surface area contributed by atoms with E-state index in [1.54, 1.807) is 4.52 Å². The van der Waals surface area contributed by atoms with E-state index in [2.05, 4.69) is 54.5 Å². The molecular formula is C21H27N5O. The third kappa shape index (κ3) is 4.70. The Balaban J connectivity index is 1.71. The SMILES string of the molecule is CCCCCNC(=O)CCc1nnc2ccc(-c3ccc(C)c(C)c3)nn12. The molecule has 1 N–H and O–H groups in total. The van der Waals surface area contributed by atoms with Crippen LogP contribution >= 0.6 is 0 Å². The van der Waals surface area contributed by atoms with Crippen LogP contribution in [0.1, 0.15) is 49.6 Å². The summed E-state index contributed by atoms with van der Waals surface area (Å²) in [7, 11) is 0. The molecule has 0 fully saturated rings. The number of carbonyl (C=O) groups is 1. The van der Waals surface area contributed by atoms with Gasteiger partial charge in [0.05, 0.1) is 5.69 Å². The highest BCUT2D eigenvalue weighted by Gasteiger charge is 2.11. The molecule has 0 bridgehead atoms. The Hall–Kier alpha value is -2.76. The van der Waals surface area contributed by atoms with Crippen molar-refractivity contribution in [3.63, 3.8) is 0 Å². The number of aryl methyl sites for hydroxylation is 3. The molecule has 0 saturated heterocycles. The minimum absolute atomic E-state index is 0.0492. The van der Waals surface area contributed by atoms with Crippen molar-refractivity contribution in [3.05, 3.63) is 47.3 Å². The van der Waals surface area contributed by atoms with Crippen molar-refractivity contribution in [2.45, 2.75) is 52.9 Å². The average molecular weight is 365 g/mol. The molecule has 2 heterocycles. The number of hydrogen-bond acceptors (Lipinski definition) is 4. The van der Waals surface area contributed by atoms with Gasteiger partial charge in [0.1, 0.15) is 0 Å². The summed E-state index contributed by atoms with van der Waals surface area (Å²) >= 11 is 0. The second-order valence-electron chi connectivity index (χ2n) is 6.96. The van der Waals surface area contributed by atoms with Crippen molar-refractivity contribution in [1.82, 2.24) is 25.1 Å². The maximum Gasteiger partial charge on any atom is 0.220 e. The Kier molecular flexibility index (Phi) is 6.16. The van der Waals surface area contributed by atoms with Crippen LogP contribution in [-0.4, -0.2) is 32.3 Å². The zero-order chi connectivity index (χ0) is 19.2. The van der Waals surface area contributed by atoms with Gasteiger partial charge in [-0.25, -0.2) is 0 Å². The van der Waals surface area contributed by atoms with E-state index < -0.39 is 0 Å². The third-order valence-corrected chi connectivity index (χ3v) is 4.81. The maximum absolute atomic E-state index is 12.0. The first-order valence-corrected chi connectivity index (χ1v) is 9.64. The summed E-state index contributed by atoms with van der Waals surface area (Å²) in [6.45, 7) is 7.08. The second-order valence-corrected chi connectivity index (χ2v) is 6.96. The van der Waals surface area contributed by atoms with Crippen molar-refractivity contribution in [3.8, 4) is 11.3 Å². The zero-order valence-electron chi connectivity index (χ0n) is 16.3. The minimum atomic E-state index is 0.0492. The summed E-state index contributed by atoms with van der Waals surface area (Å²) in [4.78, 5) is 12.0. The summed E-state index contributed by atoms with van der Waals surface area (Å²) in [6.07, 6.45) is 4.22. The van der Waals surface area contributed by atoms with Crippen LogP contribution in [0.5, 0.6) is 0 Å². The summed E-state index contributed by atoms with van der Waals surface area (Å²) in [5.74, 6) is 0.757. The van der Waals surface area contributed by atoms with Gasteiger partial charge in [0, 0.05) is 24.9 Å². The molecule has 0 spiro atoms. The van der Waals surface area contributed by atoms with Crippen molar-refractivity contribution >= 4 is 11.6 Å². The van der Waals surface area contributed by atoms with E-state index >= 15 is 0 Å². The molecule has 3 aromatic rings. The maximum atomic E-state index is 12.0. The number of aromatic nitrogens is 4. The lowest BCUT2D eigenvalue weighted by atomic mass is 10.0. The summed E-state index contributed by atoms with van der Waals surface area (Å²) in [5, 5.41) is 16.0. The van der Waals surface area contributed by atoms with E-state index in [9.17, 15) is 4.79 Å². The fourth-order valence-electron chi connectivity index (χ4n) is 2.96. The average Bonchev–Trinajstić information content (AvgIpc) is 3.08. The highest BCUT2D eigenvalue weighted by molar-refractivity contribution is 5.76. The molecule has 3 rings (SSSR count). The topological polar surface area (TPSA) is 72.2 Å². The molecule has 0 radical (unpaired) electrons. The van der Waals surface area contributed by atoms with Crippen LogP contribution < -0.4 is 5.32 Å². The van der Waals surface area contributed by atoms with E-state index in [1.165, 1.54) is 11.1 Å². The largest absolute Gasteiger partial charge is 0.356 e. The monoisotopic (exact) mass is 365 g/mol. The highest BCUT2D eigenvalue weighted by Crippen LogP contribution is 2.20. The minimum Gasteiger partial charge on any atom is -0.356 e. The molecule has 2 aromatic heterocycles. The van der Waals surface area contributed by atoms with Crippen molar-refractivity contribution in [2.24, 2.45) is 0 Å². The number of rotatable bonds is 8. The molecular weight excluding hydrogens is 338 g/mol. The Bertz CT molecular complexity index is 931. The smallest absolute Gasteiger partial charge is 0.220 e. The van der Waals surface area contributed by atoms with Gasteiger partial charge in [-0.05, 0) is 49.6 Å². The van der Waals surface area contributed by atoms with Crippen LogP contribution in [0.15, 0.2) is 30.3 Å². The number of nitrogens with zero attached hydrogens (tertiary/aromatic N) is 4. The molecule has 27 heavy (non-hydrogen) atoms. The van der Waals surface area contributed by atoms with Gasteiger partial charge in [-0.2, -0.15) is 9.61 Å². The van der Waals surface area contributed by atoms with Crippen LogP contribution in [0.2, 0.25) is 0 Å². The summed E-state index contributed by atoms with van der Waals surface area (Å²) in [6, 6.07) is 10.2. The Morgan fingerprint density at radius 2 is 1.93 bits per heavy atom. The van der Waals surface area contributed by atoms with Gasteiger partial charge >= 0.3 is 0 Å². The standard InChI is InChI=1S/C21H27N5O/c1-4-5-6-13-22-21(27)12-11-20-24-23-19-10-9-18(25-26(19)20)17-8-7-15(2)16(3)14-17/h7-10,14H,4-6,11-13H2,1-3H3,(H,22,27). The van der Waals surface area contributed by atoms with E-state index in [4.69, 9.17) is 5.10 Å². The number of benzene rings is 1. The predicted octanol–water partition coefficient (Wildman–Crippen LogP) is 3.65. The molecule has 6 nitrogen and oxygen atoms in total. The first kappa shape index (κ1) is 19.0. The van der Waals surface area contributed by atoms with Gasteiger partial charge in [-0.1, -0.05) is 31.9 Å². The Morgan fingerprint density at radius 1 is 1.07 bits per heavy atom. The molecule has 0 atom stereocenters. The highest BCUT2D eigenvalue weighted by atomic mass is 16.1. The van der Waals surface area contributed by atoms with Gasteiger partial charge < -0.3 is 5.32 Å². The number of nitrogens with one attached hydrogen (secondary N) is 1. The van der Waals surface area contributed by atoms with Gasteiger partial charge in [-0.3, -0.25) is 4.79 Å². The van der Waals surface area contributed by atoms with Crippen LogP contribution in [0.25, 0.3) is 16.9 Å². The van der Waals surface area contributed by atoms with Crippen LogP contribution in [0.3, 0.4) is 0 Å². The molecule has 0 aliphatic carbocycles. The molecule has 0 saturated carbocycles. The Labute approximate surface area is 160 Å². The number of hydrogen-bond donors (Lipinski definition) is 1. The summed E-state index contributed by atoms with van der Waals surface area (Å²) in [5.41, 5.74) is 5.12. The molecule has 0 aliphatic heterocycles. The number of carbonyl (C=O) groups excluding carboxylic acids is 1. The zero-order valence-corrected chi connectivity index (χ0v) is 16.3. The molecule has 142 valence electrons. The van der Waals surface area contributed by atoms with Crippen LogP contribution in [0, 0.1) is 13.8 Å². The molecule has 0 aliphatic rings. The normalized spacial score (nSPS) is 11.1. The van der Waals surface area contributed by atoms with Crippen molar-refractivity contribution in [2.75, 3.05) is 6.54 Å². The first-order valence-electron chi connectivity index (χ1n) is 9.64. The fraction of sp³-hybridized carbons (Fsp3) is 0.429. The lowest BCUT2D eigenvalue weighted by Gasteiger charge is -2.06. The van der Waals surface area contributed by atoms with E-state index in [0.717, 1.165) is 37.1 Å². The van der Waals surface area contributed by atoms with Gasteiger partial charge in [0.25, 0.3) is 0 Å².